The van der Waals surface area contributed by atoms with Gasteiger partial charge < -0.3 is 10.1 Å². The molecular weight excluding hydrogens is 238 g/mol. The molecule has 0 bridgehead atoms. The SMILES string of the molecule is O=C(COc1ccccc1)NCCC1=CCCCC1. The molecule has 1 aromatic rings. The van der Waals surface area contributed by atoms with E-state index in [0.29, 0.717) is 6.54 Å². The summed E-state index contributed by atoms with van der Waals surface area (Å²) in [6.07, 6.45) is 8.27. The maximum Gasteiger partial charge on any atom is 0.257 e. The first-order valence-corrected chi connectivity index (χ1v) is 6.97. The number of hydrogen-bond donors (Lipinski definition) is 1. The Balaban J connectivity index is 1.61. The molecule has 3 nitrogen and oxygen atoms in total. The van der Waals surface area contributed by atoms with E-state index < -0.39 is 0 Å². The van der Waals surface area contributed by atoms with Gasteiger partial charge in [0.25, 0.3) is 5.91 Å². The van der Waals surface area contributed by atoms with Crippen molar-refractivity contribution < 1.29 is 9.53 Å². The zero-order valence-corrected chi connectivity index (χ0v) is 11.2. The predicted octanol–water partition coefficient (Wildman–Crippen LogP) is 3.07. The van der Waals surface area contributed by atoms with E-state index in [2.05, 4.69) is 11.4 Å². The molecule has 0 radical (unpaired) electrons. The summed E-state index contributed by atoms with van der Waals surface area (Å²) >= 11 is 0. The highest BCUT2D eigenvalue weighted by molar-refractivity contribution is 5.77. The van der Waals surface area contributed by atoms with Gasteiger partial charge in [0.05, 0.1) is 0 Å². The number of rotatable bonds is 6. The second-order valence-electron chi connectivity index (χ2n) is 4.81. The standard InChI is InChI=1S/C16H21NO2/c18-16(13-19-15-9-5-2-6-10-15)17-12-11-14-7-3-1-4-8-14/h2,5-7,9-10H,1,3-4,8,11-13H2,(H,17,18). The Hall–Kier alpha value is -1.77. The fourth-order valence-corrected chi connectivity index (χ4v) is 2.21. The van der Waals surface area contributed by atoms with E-state index in [1.165, 1.54) is 31.3 Å². The van der Waals surface area contributed by atoms with E-state index in [9.17, 15) is 4.79 Å². The van der Waals surface area contributed by atoms with Crippen LogP contribution in [0.5, 0.6) is 5.75 Å². The predicted molar refractivity (Wildman–Crippen MR) is 76.1 cm³/mol. The number of nitrogens with one attached hydrogen (secondary N) is 1. The second-order valence-corrected chi connectivity index (χ2v) is 4.81. The van der Waals surface area contributed by atoms with Crippen LogP contribution in [0.25, 0.3) is 0 Å². The molecule has 0 spiro atoms. The maximum absolute atomic E-state index is 11.6. The number of carbonyl (C=O) groups is 1. The van der Waals surface area contributed by atoms with Crippen LogP contribution >= 0.6 is 0 Å². The maximum atomic E-state index is 11.6. The molecule has 0 aliphatic heterocycles. The van der Waals surface area contributed by atoms with Crippen LogP contribution in [0.4, 0.5) is 0 Å². The zero-order valence-electron chi connectivity index (χ0n) is 11.2. The molecule has 0 unspecified atom stereocenters. The molecule has 0 fully saturated rings. The largest absolute Gasteiger partial charge is 0.484 e. The molecule has 1 aromatic carbocycles. The first kappa shape index (κ1) is 13.7. The monoisotopic (exact) mass is 259 g/mol. The molecule has 0 atom stereocenters. The number of allylic oxidation sites excluding steroid dienone is 1. The van der Waals surface area contributed by atoms with Gasteiger partial charge in [0.2, 0.25) is 0 Å². The molecule has 3 heteroatoms. The molecule has 102 valence electrons. The first-order chi connectivity index (χ1) is 9.34. The lowest BCUT2D eigenvalue weighted by atomic mass is 9.97. The summed E-state index contributed by atoms with van der Waals surface area (Å²) in [7, 11) is 0. The molecule has 1 aliphatic rings. The highest BCUT2D eigenvalue weighted by atomic mass is 16.5. The summed E-state index contributed by atoms with van der Waals surface area (Å²) in [6, 6.07) is 9.40. The van der Waals surface area contributed by atoms with Gasteiger partial charge in [-0.2, -0.15) is 0 Å². The third kappa shape index (κ3) is 5.16. The van der Waals surface area contributed by atoms with E-state index in [1.807, 2.05) is 30.3 Å². The minimum atomic E-state index is -0.0553. The van der Waals surface area contributed by atoms with E-state index in [0.717, 1.165) is 12.2 Å². The Morgan fingerprint density at radius 3 is 2.79 bits per heavy atom. The Labute approximate surface area is 114 Å². The van der Waals surface area contributed by atoms with Crippen molar-refractivity contribution in [2.45, 2.75) is 32.1 Å². The third-order valence-corrected chi connectivity index (χ3v) is 3.27. The van der Waals surface area contributed by atoms with Crippen LogP contribution < -0.4 is 10.1 Å². The molecule has 1 amide bonds. The minimum absolute atomic E-state index is 0.0553. The van der Waals surface area contributed by atoms with Crippen LogP contribution in [0.1, 0.15) is 32.1 Å². The van der Waals surface area contributed by atoms with Crippen LogP contribution in [0.15, 0.2) is 42.0 Å². The third-order valence-electron chi connectivity index (χ3n) is 3.27. The van der Waals surface area contributed by atoms with Gasteiger partial charge in [-0.15, -0.1) is 0 Å². The van der Waals surface area contributed by atoms with Crippen molar-refractivity contribution >= 4 is 5.91 Å². The highest BCUT2D eigenvalue weighted by Gasteiger charge is 2.05. The van der Waals surface area contributed by atoms with Crippen LogP contribution in [-0.2, 0) is 4.79 Å². The molecule has 2 rings (SSSR count). The average Bonchev–Trinajstić information content (AvgIpc) is 2.47. The van der Waals surface area contributed by atoms with Crippen molar-refractivity contribution in [1.82, 2.24) is 5.32 Å². The zero-order chi connectivity index (χ0) is 13.3. The van der Waals surface area contributed by atoms with Crippen molar-refractivity contribution in [3.63, 3.8) is 0 Å². The summed E-state index contributed by atoms with van der Waals surface area (Å²) < 4.78 is 5.38. The van der Waals surface area contributed by atoms with Gasteiger partial charge in [0, 0.05) is 6.54 Å². The summed E-state index contributed by atoms with van der Waals surface area (Å²) in [5, 5.41) is 2.90. The van der Waals surface area contributed by atoms with Crippen molar-refractivity contribution in [1.29, 1.82) is 0 Å². The van der Waals surface area contributed by atoms with Gasteiger partial charge >= 0.3 is 0 Å². The minimum Gasteiger partial charge on any atom is -0.484 e. The second kappa shape index (κ2) is 7.62. The molecule has 0 saturated heterocycles. The van der Waals surface area contributed by atoms with Gasteiger partial charge in [0.15, 0.2) is 6.61 Å². The number of amides is 1. The van der Waals surface area contributed by atoms with Crippen LogP contribution in [-0.4, -0.2) is 19.1 Å². The Morgan fingerprint density at radius 2 is 2.05 bits per heavy atom. The van der Waals surface area contributed by atoms with E-state index in [-0.39, 0.29) is 12.5 Å². The lowest BCUT2D eigenvalue weighted by Gasteiger charge is -2.13. The Bertz CT molecular complexity index is 426. The van der Waals surface area contributed by atoms with Crippen LogP contribution in [0, 0.1) is 0 Å². The Morgan fingerprint density at radius 1 is 1.21 bits per heavy atom. The van der Waals surface area contributed by atoms with Crippen LogP contribution in [0.3, 0.4) is 0 Å². The lowest BCUT2D eigenvalue weighted by molar-refractivity contribution is -0.123. The average molecular weight is 259 g/mol. The number of benzene rings is 1. The molecule has 1 aliphatic carbocycles. The fraction of sp³-hybridized carbons (Fsp3) is 0.438. The number of ether oxygens (including phenoxy) is 1. The van der Waals surface area contributed by atoms with Crippen molar-refractivity contribution in [3.05, 3.63) is 42.0 Å². The molecular formula is C16H21NO2. The van der Waals surface area contributed by atoms with Crippen molar-refractivity contribution in [2.24, 2.45) is 0 Å². The topological polar surface area (TPSA) is 38.3 Å². The Kier molecular flexibility index (Phi) is 5.48. The van der Waals surface area contributed by atoms with Gasteiger partial charge in [-0.25, -0.2) is 0 Å². The van der Waals surface area contributed by atoms with E-state index >= 15 is 0 Å². The van der Waals surface area contributed by atoms with Gasteiger partial charge in [-0.3, -0.25) is 4.79 Å². The highest BCUT2D eigenvalue weighted by Crippen LogP contribution is 2.19. The van der Waals surface area contributed by atoms with Gasteiger partial charge in [-0.05, 0) is 44.2 Å². The summed E-state index contributed by atoms with van der Waals surface area (Å²) in [5.74, 6) is 0.674. The normalized spacial score (nSPS) is 14.6. The van der Waals surface area contributed by atoms with E-state index in [1.54, 1.807) is 0 Å². The molecule has 19 heavy (non-hydrogen) atoms. The van der Waals surface area contributed by atoms with Crippen LogP contribution in [0.2, 0.25) is 0 Å². The first-order valence-electron chi connectivity index (χ1n) is 6.97. The molecule has 0 heterocycles. The number of hydrogen-bond acceptors (Lipinski definition) is 2. The number of carbonyl (C=O) groups excluding carboxylic acids is 1. The quantitative estimate of drug-likeness (QED) is 0.797. The molecule has 1 N–H and O–H groups in total. The summed E-state index contributed by atoms with van der Waals surface area (Å²) in [6.45, 7) is 0.797. The van der Waals surface area contributed by atoms with E-state index in [4.69, 9.17) is 4.74 Å². The van der Waals surface area contributed by atoms with Gasteiger partial charge in [-0.1, -0.05) is 29.8 Å². The van der Waals surface area contributed by atoms with Crippen molar-refractivity contribution in [2.75, 3.05) is 13.2 Å². The summed E-state index contributed by atoms with van der Waals surface area (Å²) in [4.78, 5) is 11.6. The summed E-state index contributed by atoms with van der Waals surface area (Å²) in [5.41, 5.74) is 1.48. The number of para-hydroxylation sites is 1. The lowest BCUT2D eigenvalue weighted by Crippen LogP contribution is -2.29. The molecule has 0 saturated carbocycles. The van der Waals surface area contributed by atoms with Gasteiger partial charge in [0.1, 0.15) is 5.75 Å². The van der Waals surface area contributed by atoms with Crippen molar-refractivity contribution in [3.8, 4) is 5.75 Å². The molecule has 0 aromatic heterocycles. The smallest absolute Gasteiger partial charge is 0.257 e. The fourth-order valence-electron chi connectivity index (χ4n) is 2.21.